The van der Waals surface area contributed by atoms with Crippen molar-refractivity contribution in [3.63, 3.8) is 0 Å². The van der Waals surface area contributed by atoms with Gasteiger partial charge >= 0.3 is 6.18 Å². The minimum absolute atomic E-state index is 0.252. The molecule has 0 saturated heterocycles. The summed E-state index contributed by atoms with van der Waals surface area (Å²) in [5.74, 6) is 0. The molecule has 0 radical (unpaired) electrons. The van der Waals surface area contributed by atoms with E-state index in [1.165, 1.54) is 12.1 Å². The van der Waals surface area contributed by atoms with Crippen LogP contribution in [0.1, 0.15) is 29.3 Å². The van der Waals surface area contributed by atoms with E-state index >= 15 is 0 Å². The van der Waals surface area contributed by atoms with E-state index in [2.05, 4.69) is 15.9 Å². The summed E-state index contributed by atoms with van der Waals surface area (Å²) in [5, 5.41) is 0. The summed E-state index contributed by atoms with van der Waals surface area (Å²) >= 11 is 2.64. The molecule has 0 nitrogen and oxygen atoms in total. The van der Waals surface area contributed by atoms with Crippen LogP contribution in [0.25, 0.3) is 0 Å². The average Bonchev–Trinajstić information content (AvgIpc) is 2.17. The molecule has 1 atom stereocenters. The minimum atomic E-state index is -4.23. The van der Waals surface area contributed by atoms with Gasteiger partial charge in [-0.2, -0.15) is 13.2 Å². The van der Waals surface area contributed by atoms with Crippen LogP contribution >= 0.6 is 15.9 Å². The highest BCUT2D eigenvalue weighted by molar-refractivity contribution is 9.09. The molecule has 1 aromatic carbocycles. The fourth-order valence-corrected chi connectivity index (χ4v) is 1.64. The fourth-order valence-electron chi connectivity index (χ4n) is 1.33. The summed E-state index contributed by atoms with van der Waals surface area (Å²) in [4.78, 5) is -1.57. The molecule has 0 heterocycles. The zero-order valence-corrected chi connectivity index (χ0v) is 9.90. The monoisotopic (exact) mass is 280 g/mol. The molecule has 1 unspecified atom stereocenters. The molecule has 15 heavy (non-hydrogen) atoms. The van der Waals surface area contributed by atoms with Gasteiger partial charge in [-0.1, -0.05) is 53.5 Å². The predicted molar refractivity (Wildman–Crippen MR) is 58.2 cm³/mol. The predicted octanol–water partition coefficient (Wildman–Crippen LogP) is 4.64. The highest BCUT2D eigenvalue weighted by atomic mass is 79.9. The third-order valence-electron chi connectivity index (χ3n) is 2.10. The maximum Gasteiger partial charge on any atom is 0.405 e. The molecule has 0 bridgehead atoms. The van der Waals surface area contributed by atoms with Crippen molar-refractivity contribution < 1.29 is 13.2 Å². The van der Waals surface area contributed by atoms with Crippen LogP contribution < -0.4 is 0 Å². The number of hydrogen-bond donors (Lipinski definition) is 0. The van der Waals surface area contributed by atoms with Crippen LogP contribution in [-0.4, -0.2) is 6.18 Å². The lowest BCUT2D eigenvalue weighted by molar-refractivity contribution is -0.128. The molecule has 1 aromatic rings. The first kappa shape index (κ1) is 12.6. The van der Waals surface area contributed by atoms with Gasteiger partial charge in [0.05, 0.1) is 0 Å². The van der Waals surface area contributed by atoms with Gasteiger partial charge in [-0.3, -0.25) is 0 Å². The van der Waals surface area contributed by atoms with Gasteiger partial charge in [0.15, 0.2) is 0 Å². The van der Waals surface area contributed by atoms with Crippen molar-refractivity contribution in [3.8, 4) is 0 Å². The highest BCUT2D eigenvalue weighted by Crippen LogP contribution is 2.39. The Morgan fingerprint density at radius 3 is 2.13 bits per heavy atom. The second kappa shape index (κ2) is 5.01. The van der Waals surface area contributed by atoms with Crippen molar-refractivity contribution in [2.24, 2.45) is 0 Å². The molecule has 0 spiro atoms. The van der Waals surface area contributed by atoms with Gasteiger partial charge in [-0.15, -0.1) is 0 Å². The number of rotatable bonds is 3. The van der Waals surface area contributed by atoms with E-state index in [-0.39, 0.29) is 5.56 Å². The number of benzene rings is 1. The average molecular weight is 281 g/mol. The van der Waals surface area contributed by atoms with E-state index in [0.29, 0.717) is 0 Å². The smallest absolute Gasteiger partial charge is 0.169 e. The summed E-state index contributed by atoms with van der Waals surface area (Å²) < 4.78 is 37.0. The number of aryl methyl sites for hydroxylation is 1. The van der Waals surface area contributed by atoms with Crippen LogP contribution in [0, 0.1) is 0 Å². The number of alkyl halides is 4. The van der Waals surface area contributed by atoms with Crippen molar-refractivity contribution in [2.75, 3.05) is 0 Å². The minimum Gasteiger partial charge on any atom is -0.169 e. The largest absolute Gasteiger partial charge is 0.405 e. The fraction of sp³-hybridized carbons (Fsp3) is 0.455. The van der Waals surface area contributed by atoms with Crippen molar-refractivity contribution in [1.29, 1.82) is 0 Å². The van der Waals surface area contributed by atoms with Crippen LogP contribution in [0.15, 0.2) is 24.3 Å². The third kappa shape index (κ3) is 3.52. The van der Waals surface area contributed by atoms with E-state index in [4.69, 9.17) is 0 Å². The van der Waals surface area contributed by atoms with Gasteiger partial charge < -0.3 is 0 Å². The van der Waals surface area contributed by atoms with Crippen LogP contribution in [0.2, 0.25) is 0 Å². The molecule has 0 saturated carbocycles. The summed E-state index contributed by atoms with van der Waals surface area (Å²) in [5.41, 5.74) is 1.32. The van der Waals surface area contributed by atoms with E-state index in [0.717, 1.165) is 18.4 Å². The quantitative estimate of drug-likeness (QED) is 0.708. The summed E-state index contributed by atoms with van der Waals surface area (Å²) in [6.45, 7) is 2.04. The molecule has 84 valence electrons. The van der Waals surface area contributed by atoms with Crippen molar-refractivity contribution in [2.45, 2.75) is 30.8 Å². The Kier molecular flexibility index (Phi) is 4.20. The Morgan fingerprint density at radius 2 is 1.73 bits per heavy atom. The Bertz CT molecular complexity index is 303. The molecule has 0 aliphatic heterocycles. The van der Waals surface area contributed by atoms with Gasteiger partial charge in [0.25, 0.3) is 0 Å². The second-order valence-electron chi connectivity index (χ2n) is 3.40. The molecule has 4 heteroatoms. The number of halogens is 4. The molecule has 0 aliphatic carbocycles. The Hall–Kier alpha value is -0.510. The van der Waals surface area contributed by atoms with Gasteiger partial charge in [0.2, 0.25) is 0 Å². The summed E-state index contributed by atoms with van der Waals surface area (Å²) in [7, 11) is 0. The maximum absolute atomic E-state index is 12.3. The Morgan fingerprint density at radius 1 is 1.20 bits per heavy atom. The first-order valence-corrected chi connectivity index (χ1v) is 5.66. The van der Waals surface area contributed by atoms with Crippen LogP contribution in [-0.2, 0) is 6.42 Å². The lowest BCUT2D eigenvalue weighted by Crippen LogP contribution is -2.15. The Balaban J connectivity index is 2.80. The molecule has 0 aromatic heterocycles. The van der Waals surface area contributed by atoms with Crippen molar-refractivity contribution in [1.82, 2.24) is 0 Å². The van der Waals surface area contributed by atoms with Crippen LogP contribution in [0.3, 0.4) is 0 Å². The van der Waals surface area contributed by atoms with Crippen molar-refractivity contribution >= 4 is 15.9 Å². The van der Waals surface area contributed by atoms with E-state index in [9.17, 15) is 13.2 Å². The molecule has 0 N–H and O–H groups in total. The second-order valence-corrected chi connectivity index (χ2v) is 4.31. The standard InChI is InChI=1S/C11H12BrF3/c1-2-3-8-4-6-9(7-5-8)10(12)11(13,14)15/h4-7,10H,2-3H2,1H3. The highest BCUT2D eigenvalue weighted by Gasteiger charge is 2.38. The third-order valence-corrected chi connectivity index (χ3v) is 3.15. The van der Waals surface area contributed by atoms with Gasteiger partial charge in [-0.25, -0.2) is 0 Å². The van der Waals surface area contributed by atoms with E-state index in [1.54, 1.807) is 12.1 Å². The van der Waals surface area contributed by atoms with Crippen LogP contribution in [0.5, 0.6) is 0 Å². The van der Waals surface area contributed by atoms with Gasteiger partial charge in [-0.05, 0) is 17.5 Å². The molecular formula is C11H12BrF3. The molecule has 0 amide bonds. The lowest BCUT2D eigenvalue weighted by atomic mass is 10.1. The lowest BCUT2D eigenvalue weighted by Gasteiger charge is -2.14. The molecule has 0 aliphatic rings. The topological polar surface area (TPSA) is 0 Å². The van der Waals surface area contributed by atoms with Crippen molar-refractivity contribution in [3.05, 3.63) is 35.4 Å². The summed E-state index contributed by atoms with van der Waals surface area (Å²) in [6, 6.07) is 6.55. The first-order valence-electron chi connectivity index (χ1n) is 4.74. The zero-order valence-electron chi connectivity index (χ0n) is 8.31. The SMILES string of the molecule is CCCc1ccc(C(Br)C(F)(F)F)cc1. The summed E-state index contributed by atoms with van der Waals surface area (Å²) in [6.07, 6.45) is -2.33. The Labute approximate surface area is 95.6 Å². The first-order chi connectivity index (χ1) is 6.95. The van der Waals surface area contributed by atoms with Gasteiger partial charge in [0, 0.05) is 0 Å². The van der Waals surface area contributed by atoms with E-state index in [1.807, 2.05) is 6.92 Å². The van der Waals surface area contributed by atoms with E-state index < -0.39 is 11.0 Å². The normalized spacial score (nSPS) is 13.9. The molecule has 1 rings (SSSR count). The molecular weight excluding hydrogens is 269 g/mol. The van der Waals surface area contributed by atoms with Gasteiger partial charge in [0.1, 0.15) is 4.83 Å². The van der Waals surface area contributed by atoms with Crippen LogP contribution in [0.4, 0.5) is 13.2 Å². The zero-order chi connectivity index (χ0) is 11.5. The molecule has 0 fully saturated rings. The number of hydrogen-bond acceptors (Lipinski definition) is 0. The maximum atomic E-state index is 12.3.